The molecule has 3 heterocycles. The maximum Gasteiger partial charge on any atom is 0.224 e. The van der Waals surface area contributed by atoms with Crippen molar-refractivity contribution in [3.05, 3.63) is 59.8 Å². The van der Waals surface area contributed by atoms with Crippen LogP contribution in [-0.4, -0.2) is 32.8 Å². The number of nitriles is 1. The van der Waals surface area contributed by atoms with Crippen molar-refractivity contribution in [3.8, 4) is 29.0 Å². The molecule has 166 valence electrons. The molecule has 32 heavy (non-hydrogen) atoms. The van der Waals surface area contributed by atoms with E-state index in [1.807, 2.05) is 29.0 Å². The summed E-state index contributed by atoms with van der Waals surface area (Å²) in [7, 11) is 1.56. The molecule has 0 amide bonds. The Morgan fingerprint density at radius 3 is 2.56 bits per heavy atom. The molecule has 0 atom stereocenters. The zero-order chi connectivity index (χ0) is 23.1. The van der Waals surface area contributed by atoms with Gasteiger partial charge in [-0.05, 0) is 70.9 Å². The van der Waals surface area contributed by atoms with Crippen LogP contribution in [0.15, 0.2) is 42.7 Å². The Kier molecular flexibility index (Phi) is 5.51. The van der Waals surface area contributed by atoms with E-state index < -0.39 is 5.82 Å². The highest BCUT2D eigenvalue weighted by Gasteiger charge is 2.41. The van der Waals surface area contributed by atoms with E-state index in [2.05, 4.69) is 32.7 Å². The maximum absolute atomic E-state index is 14.0. The second-order valence-electron chi connectivity index (χ2n) is 9.42. The van der Waals surface area contributed by atoms with E-state index in [0.717, 1.165) is 24.1 Å². The zero-order valence-electron chi connectivity index (χ0n) is 19.0. The van der Waals surface area contributed by atoms with Crippen molar-refractivity contribution in [3.63, 3.8) is 0 Å². The summed E-state index contributed by atoms with van der Waals surface area (Å²) in [6, 6.07) is 10.1. The van der Waals surface area contributed by atoms with E-state index in [-0.39, 0.29) is 22.7 Å². The van der Waals surface area contributed by atoms with Crippen molar-refractivity contribution in [2.75, 3.05) is 7.11 Å². The van der Waals surface area contributed by atoms with Gasteiger partial charge in [-0.3, -0.25) is 4.57 Å². The highest BCUT2D eigenvalue weighted by molar-refractivity contribution is 5.65. The Hall–Kier alpha value is -3.24. The van der Waals surface area contributed by atoms with Crippen molar-refractivity contribution >= 4 is 0 Å². The lowest BCUT2D eigenvalue weighted by atomic mass is 9.79. The van der Waals surface area contributed by atoms with E-state index in [1.54, 1.807) is 19.4 Å². The molecule has 0 N–H and O–H groups in total. The van der Waals surface area contributed by atoms with Gasteiger partial charge < -0.3 is 9.47 Å². The normalized spacial score (nSPS) is 17.7. The Balaban J connectivity index is 1.89. The molecule has 0 bridgehead atoms. The summed E-state index contributed by atoms with van der Waals surface area (Å²) in [5.41, 5.74) is 1.69. The van der Waals surface area contributed by atoms with Crippen LogP contribution < -0.4 is 4.74 Å². The first-order valence-corrected chi connectivity index (χ1v) is 10.6. The molecule has 1 aliphatic heterocycles. The number of hydrogen-bond acceptors (Lipinski definition) is 5. The number of benzene rings is 1. The molecule has 2 aromatic heterocycles. The maximum atomic E-state index is 14.0. The summed E-state index contributed by atoms with van der Waals surface area (Å²) in [5, 5.41) is 9.32. The summed E-state index contributed by atoms with van der Waals surface area (Å²) < 4.78 is 27.6. The van der Waals surface area contributed by atoms with E-state index in [0.29, 0.717) is 17.4 Å². The van der Waals surface area contributed by atoms with Crippen molar-refractivity contribution < 1.29 is 13.9 Å². The molecule has 7 heteroatoms. The largest absolute Gasteiger partial charge is 0.480 e. The quantitative estimate of drug-likeness (QED) is 0.549. The first kappa shape index (κ1) is 22.0. The topological polar surface area (TPSA) is 73.0 Å². The Labute approximate surface area is 187 Å². The number of nitrogens with zero attached hydrogens (tertiary/aromatic N) is 4. The molecule has 0 radical (unpaired) electrons. The van der Waals surface area contributed by atoms with Crippen LogP contribution in [0.3, 0.4) is 0 Å². The van der Waals surface area contributed by atoms with Crippen LogP contribution >= 0.6 is 0 Å². The number of ether oxygens (including phenoxy) is 2. The summed E-state index contributed by atoms with van der Waals surface area (Å²) >= 11 is 0. The molecule has 0 aliphatic carbocycles. The number of imidazole rings is 1. The number of hydrogen-bond donors (Lipinski definition) is 0. The van der Waals surface area contributed by atoms with Gasteiger partial charge in [0.1, 0.15) is 17.7 Å². The van der Waals surface area contributed by atoms with Gasteiger partial charge in [0.2, 0.25) is 5.88 Å². The fourth-order valence-electron chi connectivity index (χ4n) is 4.75. The van der Waals surface area contributed by atoms with Gasteiger partial charge in [-0.2, -0.15) is 5.26 Å². The van der Waals surface area contributed by atoms with Crippen LogP contribution in [0.2, 0.25) is 0 Å². The van der Waals surface area contributed by atoms with Crippen LogP contribution in [0.1, 0.15) is 57.7 Å². The Bertz CT molecular complexity index is 1180. The van der Waals surface area contributed by atoms with Gasteiger partial charge in [0.25, 0.3) is 0 Å². The van der Waals surface area contributed by atoms with E-state index in [9.17, 15) is 9.65 Å². The first-order chi connectivity index (χ1) is 15.1. The van der Waals surface area contributed by atoms with E-state index >= 15 is 0 Å². The van der Waals surface area contributed by atoms with Gasteiger partial charge in [-0.15, -0.1) is 0 Å². The number of halogens is 1. The molecule has 1 fully saturated rings. The minimum Gasteiger partial charge on any atom is -0.480 e. The minimum atomic E-state index is -0.551. The summed E-state index contributed by atoms with van der Waals surface area (Å²) in [4.78, 5) is 9.33. The van der Waals surface area contributed by atoms with Crippen molar-refractivity contribution in [1.82, 2.24) is 14.5 Å². The molecule has 1 aromatic carbocycles. The van der Waals surface area contributed by atoms with Gasteiger partial charge in [0, 0.05) is 24.0 Å². The number of aromatic nitrogens is 3. The van der Waals surface area contributed by atoms with Crippen LogP contribution in [0.4, 0.5) is 4.39 Å². The molecule has 3 aromatic rings. The molecule has 1 aliphatic rings. The second-order valence-corrected chi connectivity index (χ2v) is 9.42. The average Bonchev–Trinajstić information content (AvgIpc) is 3.17. The summed E-state index contributed by atoms with van der Waals surface area (Å²) in [6.07, 6.45) is 5.28. The number of rotatable bonds is 4. The smallest absolute Gasteiger partial charge is 0.224 e. The summed E-state index contributed by atoms with van der Waals surface area (Å²) in [6.45, 7) is 8.40. The van der Waals surface area contributed by atoms with Gasteiger partial charge >= 0.3 is 0 Å². The summed E-state index contributed by atoms with van der Waals surface area (Å²) in [5.74, 6) is 0.695. The van der Waals surface area contributed by atoms with Gasteiger partial charge in [0.15, 0.2) is 0 Å². The predicted molar refractivity (Wildman–Crippen MR) is 119 cm³/mol. The molecule has 1 saturated heterocycles. The third-order valence-corrected chi connectivity index (χ3v) is 5.73. The molecular formula is C25H27FN4O2. The predicted octanol–water partition coefficient (Wildman–Crippen LogP) is 5.40. The fourth-order valence-corrected chi connectivity index (χ4v) is 4.75. The lowest BCUT2D eigenvalue weighted by Gasteiger charge is -2.45. The molecule has 0 unspecified atom stereocenters. The number of pyridine rings is 1. The molecule has 6 nitrogen and oxygen atoms in total. The van der Waals surface area contributed by atoms with Gasteiger partial charge in [-0.25, -0.2) is 14.4 Å². The van der Waals surface area contributed by atoms with Crippen molar-refractivity contribution in [1.29, 1.82) is 5.26 Å². The van der Waals surface area contributed by atoms with E-state index in [4.69, 9.17) is 14.5 Å². The third kappa shape index (κ3) is 4.23. The first-order valence-electron chi connectivity index (χ1n) is 10.6. The lowest BCUT2D eigenvalue weighted by molar-refractivity contribution is -0.162. The van der Waals surface area contributed by atoms with Crippen LogP contribution in [0, 0.1) is 17.1 Å². The highest BCUT2D eigenvalue weighted by Crippen LogP contribution is 2.44. The fraction of sp³-hybridized carbons (Fsp3) is 0.400. The Morgan fingerprint density at radius 2 is 1.91 bits per heavy atom. The monoisotopic (exact) mass is 434 g/mol. The highest BCUT2D eigenvalue weighted by atomic mass is 19.1. The molecule has 0 saturated carbocycles. The molecular weight excluding hydrogens is 407 g/mol. The van der Waals surface area contributed by atoms with Crippen LogP contribution in [0.5, 0.6) is 5.88 Å². The SMILES string of the molecule is COc1ncccc1-c1nc(C2CC(C)(C)OC(C)(C)C2)cn1-c1ccc(F)c(C#N)c1. The zero-order valence-corrected chi connectivity index (χ0v) is 19.0. The van der Waals surface area contributed by atoms with Crippen molar-refractivity contribution in [2.24, 2.45) is 0 Å². The van der Waals surface area contributed by atoms with E-state index in [1.165, 1.54) is 12.1 Å². The number of methoxy groups -OCH3 is 1. The second kappa shape index (κ2) is 8.03. The molecule has 0 spiro atoms. The van der Waals surface area contributed by atoms with Gasteiger partial charge in [0.05, 0.1) is 35.1 Å². The third-order valence-electron chi connectivity index (χ3n) is 5.73. The standard InChI is InChI=1S/C25H27FN4O2/c1-24(2)12-17(13-25(3,4)32-24)21-15-30(18-8-9-20(26)16(11-18)14-27)22(29-21)19-7-6-10-28-23(19)31-5/h6-11,15,17H,12-13H2,1-5H3. The van der Waals surface area contributed by atoms with Crippen LogP contribution in [-0.2, 0) is 4.74 Å². The van der Waals surface area contributed by atoms with Gasteiger partial charge in [-0.1, -0.05) is 0 Å². The minimum absolute atomic E-state index is 0.0183. The van der Waals surface area contributed by atoms with Crippen molar-refractivity contribution in [2.45, 2.75) is 57.7 Å². The Morgan fingerprint density at radius 1 is 1.19 bits per heavy atom. The van der Waals surface area contributed by atoms with Crippen LogP contribution in [0.25, 0.3) is 17.1 Å². The molecule has 4 rings (SSSR count). The average molecular weight is 435 g/mol. The lowest BCUT2D eigenvalue weighted by Crippen LogP contribution is -2.44.